The van der Waals surface area contributed by atoms with Crippen LogP contribution >= 0.6 is 0 Å². The van der Waals surface area contributed by atoms with Gasteiger partial charge in [-0.25, -0.2) is 0 Å². The minimum atomic E-state index is -0.876. The quantitative estimate of drug-likeness (QED) is 0.771. The number of aliphatic hydroxyl groups is 1. The van der Waals surface area contributed by atoms with Crippen LogP contribution in [0.25, 0.3) is 0 Å². The number of hydrogen-bond acceptors (Lipinski definition) is 3. The van der Waals surface area contributed by atoms with Crippen molar-refractivity contribution in [2.45, 2.75) is 59.0 Å². The number of carbonyl (C=O) groups is 1. The first kappa shape index (κ1) is 14.5. The fourth-order valence-electron chi connectivity index (χ4n) is 3.14. The third kappa shape index (κ3) is 2.82. The summed E-state index contributed by atoms with van der Waals surface area (Å²) < 4.78 is 5.10. The molecule has 1 N–H and O–H groups in total. The van der Waals surface area contributed by atoms with Gasteiger partial charge in [0.05, 0.1) is 18.1 Å². The van der Waals surface area contributed by atoms with Crippen LogP contribution in [0.15, 0.2) is 0 Å². The van der Waals surface area contributed by atoms with Gasteiger partial charge in [-0.15, -0.1) is 0 Å². The SMILES string of the molecule is CCOC(=O)C(CC)C1(O)CCCC(C)C1C. The molecule has 0 aromatic heterocycles. The molecule has 1 saturated carbocycles. The van der Waals surface area contributed by atoms with Gasteiger partial charge in [0, 0.05) is 0 Å². The van der Waals surface area contributed by atoms with Crippen molar-refractivity contribution in [3.63, 3.8) is 0 Å². The Morgan fingerprint density at radius 2 is 2.12 bits per heavy atom. The van der Waals surface area contributed by atoms with Gasteiger partial charge in [-0.2, -0.15) is 0 Å². The van der Waals surface area contributed by atoms with Gasteiger partial charge in [0.2, 0.25) is 0 Å². The summed E-state index contributed by atoms with van der Waals surface area (Å²) in [6.07, 6.45) is 3.50. The Bertz CT molecular complexity index is 264. The average Bonchev–Trinajstić information content (AvgIpc) is 2.27. The van der Waals surface area contributed by atoms with E-state index >= 15 is 0 Å². The molecule has 1 fully saturated rings. The van der Waals surface area contributed by atoms with Crippen LogP contribution in [0.5, 0.6) is 0 Å². The molecule has 1 aliphatic carbocycles. The highest BCUT2D eigenvalue weighted by Crippen LogP contribution is 2.43. The van der Waals surface area contributed by atoms with Crippen LogP contribution in [0, 0.1) is 17.8 Å². The second kappa shape index (κ2) is 5.85. The van der Waals surface area contributed by atoms with E-state index in [1.165, 1.54) is 0 Å². The highest BCUT2D eigenvalue weighted by molar-refractivity contribution is 5.74. The Kier molecular flexibility index (Phi) is 4.99. The maximum Gasteiger partial charge on any atom is 0.311 e. The Morgan fingerprint density at radius 1 is 1.47 bits per heavy atom. The molecule has 0 saturated heterocycles. The second-order valence-corrected chi connectivity index (χ2v) is 5.36. The van der Waals surface area contributed by atoms with Crippen LogP contribution in [-0.4, -0.2) is 23.3 Å². The molecule has 0 aromatic carbocycles. The summed E-state index contributed by atoms with van der Waals surface area (Å²) in [6.45, 7) is 8.36. The van der Waals surface area contributed by atoms with Crippen molar-refractivity contribution in [3.8, 4) is 0 Å². The fourth-order valence-corrected chi connectivity index (χ4v) is 3.14. The molecule has 0 amide bonds. The number of rotatable bonds is 4. The molecule has 4 atom stereocenters. The molecular weight excluding hydrogens is 216 g/mol. The fraction of sp³-hybridized carbons (Fsp3) is 0.929. The van der Waals surface area contributed by atoms with Gasteiger partial charge in [-0.3, -0.25) is 4.79 Å². The Balaban J connectivity index is 2.87. The predicted molar refractivity (Wildman–Crippen MR) is 67.5 cm³/mol. The third-order valence-corrected chi connectivity index (χ3v) is 4.46. The van der Waals surface area contributed by atoms with Gasteiger partial charge in [0.25, 0.3) is 0 Å². The first-order chi connectivity index (χ1) is 7.97. The lowest BCUT2D eigenvalue weighted by Crippen LogP contribution is -2.52. The molecule has 0 radical (unpaired) electrons. The molecule has 1 aliphatic rings. The topological polar surface area (TPSA) is 46.5 Å². The number of hydrogen-bond donors (Lipinski definition) is 1. The molecule has 0 spiro atoms. The lowest BCUT2D eigenvalue weighted by atomic mass is 9.64. The van der Waals surface area contributed by atoms with Crippen molar-refractivity contribution in [2.75, 3.05) is 6.61 Å². The maximum atomic E-state index is 11.9. The molecule has 0 aliphatic heterocycles. The van der Waals surface area contributed by atoms with Crippen LogP contribution in [-0.2, 0) is 9.53 Å². The van der Waals surface area contributed by atoms with E-state index in [4.69, 9.17) is 4.74 Å². The van der Waals surface area contributed by atoms with Gasteiger partial charge >= 0.3 is 5.97 Å². The number of ether oxygens (including phenoxy) is 1. The highest BCUT2D eigenvalue weighted by atomic mass is 16.5. The highest BCUT2D eigenvalue weighted by Gasteiger charge is 2.48. The summed E-state index contributed by atoms with van der Waals surface area (Å²) in [4.78, 5) is 11.9. The Morgan fingerprint density at radius 3 is 2.65 bits per heavy atom. The first-order valence-corrected chi connectivity index (χ1v) is 6.86. The van der Waals surface area contributed by atoms with E-state index in [0.29, 0.717) is 18.9 Å². The van der Waals surface area contributed by atoms with Crippen LogP contribution in [0.1, 0.15) is 53.4 Å². The largest absolute Gasteiger partial charge is 0.466 e. The van der Waals surface area contributed by atoms with Gasteiger partial charge < -0.3 is 9.84 Å². The van der Waals surface area contributed by atoms with E-state index < -0.39 is 5.60 Å². The van der Waals surface area contributed by atoms with Crippen LogP contribution in [0.3, 0.4) is 0 Å². The van der Waals surface area contributed by atoms with Gasteiger partial charge in [-0.1, -0.05) is 33.6 Å². The molecule has 3 nitrogen and oxygen atoms in total. The van der Waals surface area contributed by atoms with Gasteiger partial charge in [-0.05, 0) is 31.6 Å². The minimum absolute atomic E-state index is 0.158. The van der Waals surface area contributed by atoms with Crippen molar-refractivity contribution >= 4 is 5.97 Å². The molecule has 3 heteroatoms. The molecule has 0 aromatic rings. The summed E-state index contributed by atoms with van der Waals surface area (Å²) in [7, 11) is 0. The summed E-state index contributed by atoms with van der Waals surface area (Å²) in [5.74, 6) is 0.0153. The van der Waals surface area contributed by atoms with Crippen molar-refractivity contribution in [1.82, 2.24) is 0 Å². The molecule has 100 valence electrons. The minimum Gasteiger partial charge on any atom is -0.466 e. The van der Waals surface area contributed by atoms with Crippen LogP contribution in [0.2, 0.25) is 0 Å². The maximum absolute atomic E-state index is 11.9. The van der Waals surface area contributed by atoms with Crippen molar-refractivity contribution in [2.24, 2.45) is 17.8 Å². The van der Waals surface area contributed by atoms with E-state index in [2.05, 4.69) is 13.8 Å². The van der Waals surface area contributed by atoms with Crippen LogP contribution < -0.4 is 0 Å². The summed E-state index contributed by atoms with van der Waals surface area (Å²) in [5, 5.41) is 10.9. The van der Waals surface area contributed by atoms with Crippen LogP contribution in [0.4, 0.5) is 0 Å². The lowest BCUT2D eigenvalue weighted by Gasteiger charge is -2.45. The zero-order chi connectivity index (χ0) is 13.1. The normalized spacial score (nSPS) is 35.4. The molecule has 0 bridgehead atoms. The predicted octanol–water partition coefficient (Wildman–Crippen LogP) is 2.76. The second-order valence-electron chi connectivity index (χ2n) is 5.36. The van der Waals surface area contributed by atoms with Gasteiger partial charge in [0.1, 0.15) is 0 Å². The number of esters is 1. The van der Waals surface area contributed by atoms with Gasteiger partial charge in [0.15, 0.2) is 0 Å². The average molecular weight is 242 g/mol. The molecule has 1 rings (SSSR count). The van der Waals surface area contributed by atoms with Crippen molar-refractivity contribution < 1.29 is 14.6 Å². The zero-order valence-corrected chi connectivity index (χ0v) is 11.5. The summed E-state index contributed by atoms with van der Waals surface area (Å²) in [5.41, 5.74) is -0.876. The summed E-state index contributed by atoms with van der Waals surface area (Å²) >= 11 is 0. The van der Waals surface area contributed by atoms with E-state index in [1.54, 1.807) is 0 Å². The Hall–Kier alpha value is -0.570. The van der Waals surface area contributed by atoms with E-state index in [-0.39, 0.29) is 17.8 Å². The monoisotopic (exact) mass is 242 g/mol. The smallest absolute Gasteiger partial charge is 0.311 e. The summed E-state index contributed by atoms with van der Waals surface area (Å²) in [6, 6.07) is 0. The molecule has 0 heterocycles. The molecular formula is C14H26O3. The molecule has 17 heavy (non-hydrogen) atoms. The standard InChI is InChI=1S/C14H26O3/c1-5-12(13(15)17-6-2)14(16)9-7-8-10(3)11(14)4/h10-12,16H,5-9H2,1-4H3. The lowest BCUT2D eigenvalue weighted by molar-refractivity contribution is -0.170. The van der Waals surface area contributed by atoms with Crippen molar-refractivity contribution in [1.29, 1.82) is 0 Å². The van der Waals surface area contributed by atoms with E-state index in [9.17, 15) is 9.90 Å². The van der Waals surface area contributed by atoms with E-state index in [1.807, 2.05) is 13.8 Å². The zero-order valence-electron chi connectivity index (χ0n) is 11.5. The molecule has 4 unspecified atom stereocenters. The Labute approximate surface area is 105 Å². The van der Waals surface area contributed by atoms with Crippen molar-refractivity contribution in [3.05, 3.63) is 0 Å². The first-order valence-electron chi connectivity index (χ1n) is 6.86. The number of carbonyl (C=O) groups excluding carboxylic acids is 1. The van der Waals surface area contributed by atoms with E-state index in [0.717, 1.165) is 19.3 Å². The third-order valence-electron chi connectivity index (χ3n) is 4.46.